The first-order valence-electron chi connectivity index (χ1n) is 6.81. The summed E-state index contributed by atoms with van der Waals surface area (Å²) >= 11 is 0. The molecular weight excluding hydrogens is 279 g/mol. The Balaban J connectivity index is 2.34. The van der Waals surface area contributed by atoms with Crippen molar-refractivity contribution in [2.24, 2.45) is 0 Å². The number of halogens is 3. The number of hydrogen-bond donors (Lipinski definition) is 1. The van der Waals surface area contributed by atoms with Gasteiger partial charge in [-0.05, 0) is 33.0 Å². The predicted molar refractivity (Wildman–Crippen MR) is 74.5 cm³/mol. The van der Waals surface area contributed by atoms with Crippen molar-refractivity contribution < 1.29 is 13.2 Å². The van der Waals surface area contributed by atoms with Gasteiger partial charge in [0, 0.05) is 30.3 Å². The molecule has 3 nitrogen and oxygen atoms in total. The molecule has 0 radical (unpaired) electrons. The average molecular weight is 297 g/mol. The Morgan fingerprint density at radius 1 is 1.24 bits per heavy atom. The van der Waals surface area contributed by atoms with E-state index in [0.717, 1.165) is 17.5 Å². The van der Waals surface area contributed by atoms with E-state index in [1.54, 1.807) is 7.05 Å². The Morgan fingerprint density at radius 3 is 2.57 bits per heavy atom. The minimum atomic E-state index is -1.44. The molecule has 0 amide bonds. The molecular formula is C15H18F3N3. The van der Waals surface area contributed by atoms with Crippen LogP contribution in [0.5, 0.6) is 0 Å². The molecule has 114 valence electrons. The van der Waals surface area contributed by atoms with Crippen molar-refractivity contribution in [3.63, 3.8) is 0 Å². The molecule has 0 spiro atoms. The first-order valence-corrected chi connectivity index (χ1v) is 6.81. The van der Waals surface area contributed by atoms with E-state index in [1.165, 1.54) is 6.07 Å². The molecule has 1 aromatic heterocycles. The lowest BCUT2D eigenvalue weighted by Gasteiger charge is -2.18. The van der Waals surface area contributed by atoms with E-state index < -0.39 is 23.5 Å². The van der Waals surface area contributed by atoms with Gasteiger partial charge in [-0.15, -0.1) is 0 Å². The number of likely N-dealkylation sites (N-methyl/N-ethyl adjacent to an activating group) is 1. The van der Waals surface area contributed by atoms with Gasteiger partial charge >= 0.3 is 0 Å². The van der Waals surface area contributed by atoms with Crippen molar-refractivity contribution in [3.05, 3.63) is 52.6 Å². The summed E-state index contributed by atoms with van der Waals surface area (Å²) in [5.74, 6) is -3.76. The second kappa shape index (κ2) is 6.30. The molecule has 0 saturated carbocycles. The van der Waals surface area contributed by atoms with Crippen LogP contribution in [-0.4, -0.2) is 16.8 Å². The Labute approximate surface area is 121 Å². The van der Waals surface area contributed by atoms with E-state index in [4.69, 9.17) is 0 Å². The summed E-state index contributed by atoms with van der Waals surface area (Å²) in [5, 5.41) is 7.27. The summed E-state index contributed by atoms with van der Waals surface area (Å²) in [5.41, 5.74) is 1.89. The van der Waals surface area contributed by atoms with Gasteiger partial charge in [-0.1, -0.05) is 6.07 Å². The quantitative estimate of drug-likeness (QED) is 0.859. The maximum absolute atomic E-state index is 13.9. The van der Waals surface area contributed by atoms with E-state index >= 15 is 0 Å². The van der Waals surface area contributed by atoms with E-state index in [0.29, 0.717) is 13.0 Å². The zero-order valence-electron chi connectivity index (χ0n) is 12.3. The fourth-order valence-corrected chi connectivity index (χ4v) is 2.42. The smallest absolute Gasteiger partial charge is 0.194 e. The molecule has 0 fully saturated rings. The number of nitrogens with one attached hydrogen (secondary N) is 1. The van der Waals surface area contributed by atoms with Gasteiger partial charge in [0.1, 0.15) is 0 Å². The van der Waals surface area contributed by atoms with Crippen LogP contribution < -0.4 is 5.32 Å². The highest BCUT2D eigenvalue weighted by Crippen LogP contribution is 2.24. The molecule has 2 aromatic rings. The van der Waals surface area contributed by atoms with E-state index in [9.17, 15) is 13.2 Å². The van der Waals surface area contributed by atoms with Gasteiger partial charge in [-0.2, -0.15) is 5.10 Å². The molecule has 0 aliphatic heterocycles. The zero-order valence-corrected chi connectivity index (χ0v) is 12.3. The minimum Gasteiger partial charge on any atom is -0.313 e. The summed E-state index contributed by atoms with van der Waals surface area (Å²) in [4.78, 5) is 0. The molecule has 6 heteroatoms. The zero-order chi connectivity index (χ0) is 15.6. The Bertz CT molecular complexity index is 637. The van der Waals surface area contributed by atoms with Crippen molar-refractivity contribution >= 4 is 0 Å². The van der Waals surface area contributed by atoms with Crippen molar-refractivity contribution in [2.75, 3.05) is 7.05 Å². The lowest BCUT2D eigenvalue weighted by molar-refractivity contribution is 0.426. The first kappa shape index (κ1) is 15.6. The Morgan fingerprint density at radius 2 is 1.95 bits per heavy atom. The monoisotopic (exact) mass is 297 g/mol. The second-order valence-corrected chi connectivity index (χ2v) is 4.90. The van der Waals surface area contributed by atoms with E-state index in [2.05, 4.69) is 10.4 Å². The van der Waals surface area contributed by atoms with Crippen molar-refractivity contribution in [2.45, 2.75) is 32.9 Å². The summed E-state index contributed by atoms with van der Waals surface area (Å²) in [7, 11) is 1.66. The van der Waals surface area contributed by atoms with Crippen LogP contribution in [0.4, 0.5) is 13.2 Å². The van der Waals surface area contributed by atoms with Crippen LogP contribution in [-0.2, 0) is 13.0 Å². The summed E-state index contributed by atoms with van der Waals surface area (Å²) in [6.07, 6.45) is 0.438. The highest BCUT2D eigenvalue weighted by molar-refractivity contribution is 5.25. The number of rotatable bonds is 5. The van der Waals surface area contributed by atoms with Crippen LogP contribution in [0.1, 0.15) is 29.9 Å². The van der Waals surface area contributed by atoms with E-state index in [-0.39, 0.29) is 5.56 Å². The summed E-state index contributed by atoms with van der Waals surface area (Å²) < 4.78 is 42.1. The van der Waals surface area contributed by atoms with Crippen LogP contribution in [0.2, 0.25) is 0 Å². The molecule has 0 saturated heterocycles. The molecule has 1 atom stereocenters. The Hall–Kier alpha value is -1.82. The van der Waals surface area contributed by atoms with Gasteiger partial charge in [-0.3, -0.25) is 4.68 Å². The van der Waals surface area contributed by atoms with Crippen LogP contribution in [0.15, 0.2) is 18.2 Å². The number of benzene rings is 1. The first-order chi connectivity index (χ1) is 9.97. The van der Waals surface area contributed by atoms with Crippen molar-refractivity contribution in [1.82, 2.24) is 15.1 Å². The molecule has 1 heterocycles. The molecule has 0 bridgehead atoms. The van der Waals surface area contributed by atoms with Crippen LogP contribution in [0.25, 0.3) is 0 Å². The number of aromatic nitrogens is 2. The fourth-order valence-electron chi connectivity index (χ4n) is 2.42. The largest absolute Gasteiger partial charge is 0.313 e. The topological polar surface area (TPSA) is 29.9 Å². The molecule has 1 N–H and O–H groups in total. The number of nitrogens with zero attached hydrogens (tertiary/aromatic N) is 2. The maximum Gasteiger partial charge on any atom is 0.194 e. The number of hydrogen-bond acceptors (Lipinski definition) is 2. The maximum atomic E-state index is 13.9. The normalized spacial score (nSPS) is 12.7. The van der Waals surface area contributed by atoms with Gasteiger partial charge in [0.05, 0.1) is 5.69 Å². The third-order valence-electron chi connectivity index (χ3n) is 3.49. The molecule has 2 rings (SSSR count). The molecule has 21 heavy (non-hydrogen) atoms. The third-order valence-corrected chi connectivity index (χ3v) is 3.49. The summed E-state index contributed by atoms with van der Waals surface area (Å²) in [6.45, 7) is 4.53. The van der Waals surface area contributed by atoms with Gasteiger partial charge < -0.3 is 5.32 Å². The average Bonchev–Trinajstić information content (AvgIpc) is 2.83. The Kier molecular flexibility index (Phi) is 4.67. The van der Waals surface area contributed by atoms with Gasteiger partial charge in [0.2, 0.25) is 0 Å². The van der Waals surface area contributed by atoms with Gasteiger partial charge in [0.25, 0.3) is 0 Å². The minimum absolute atomic E-state index is 0.109. The summed E-state index contributed by atoms with van der Waals surface area (Å²) in [6, 6.07) is 3.67. The van der Waals surface area contributed by atoms with Crippen LogP contribution in [0, 0.1) is 24.4 Å². The van der Waals surface area contributed by atoms with Crippen molar-refractivity contribution in [3.8, 4) is 0 Å². The molecule has 1 aromatic carbocycles. The highest BCUT2D eigenvalue weighted by Gasteiger charge is 2.21. The highest BCUT2D eigenvalue weighted by atomic mass is 19.2. The van der Waals surface area contributed by atoms with Gasteiger partial charge in [-0.25, -0.2) is 13.2 Å². The van der Waals surface area contributed by atoms with Crippen LogP contribution >= 0.6 is 0 Å². The fraction of sp³-hybridized carbons (Fsp3) is 0.400. The predicted octanol–water partition coefficient (Wildman–Crippen LogP) is 3.13. The number of aryl methyl sites for hydroxylation is 2. The molecule has 0 aliphatic rings. The third kappa shape index (κ3) is 3.10. The molecule has 1 unspecified atom stereocenters. The lowest BCUT2D eigenvalue weighted by atomic mass is 10.0. The standard InChI is InChI=1S/C15H18F3N3/c1-4-21-10(7-9(2)20-21)8-13(19-3)11-5-6-12(16)15(18)14(11)17/h5-7,13,19H,4,8H2,1-3H3. The van der Waals surface area contributed by atoms with Crippen molar-refractivity contribution in [1.29, 1.82) is 0 Å². The SMILES string of the molecule is CCn1nc(C)cc1CC(NC)c1ccc(F)c(F)c1F. The van der Waals surface area contributed by atoms with E-state index in [1.807, 2.05) is 24.6 Å². The lowest BCUT2D eigenvalue weighted by Crippen LogP contribution is -2.22. The molecule has 0 aliphatic carbocycles. The second-order valence-electron chi connectivity index (χ2n) is 4.90. The van der Waals surface area contributed by atoms with Crippen LogP contribution in [0.3, 0.4) is 0 Å². The van der Waals surface area contributed by atoms with Gasteiger partial charge in [0.15, 0.2) is 17.5 Å².